The van der Waals surface area contributed by atoms with E-state index < -0.39 is 187 Å². The molecule has 4 rings (SSSR count). The number of rotatable bonds is 12. The zero-order valence-corrected chi connectivity index (χ0v) is 30.1. The maximum atomic E-state index is 15.6. The van der Waals surface area contributed by atoms with Gasteiger partial charge < -0.3 is 0 Å². The molecule has 0 atom stereocenters. The molecule has 0 bridgehead atoms. The zero-order chi connectivity index (χ0) is 54.0. The Balaban J connectivity index is 2.56. The highest BCUT2D eigenvalue weighted by atomic mass is 19.5. The van der Waals surface area contributed by atoms with Crippen molar-refractivity contribution in [2.75, 3.05) is 0 Å². The summed E-state index contributed by atoms with van der Waals surface area (Å²) < 4.78 is 512. The fraction of sp³-hybridized carbons (Fsp3) is 0.500. The number of alkyl halides is 36. The van der Waals surface area contributed by atoms with Gasteiger partial charge in [-0.2, -0.15) is 158 Å². The minimum absolute atomic E-state index is 1.11. The quantitative estimate of drug-likeness (QED) is 0.0980. The van der Waals surface area contributed by atoms with Crippen LogP contribution < -0.4 is 0 Å². The Hall–Kier alpha value is -4.60. The van der Waals surface area contributed by atoms with Crippen molar-refractivity contribution in [3.8, 4) is 0 Å². The van der Waals surface area contributed by atoms with E-state index in [4.69, 9.17) is 0 Å². The molecule has 0 aliphatic heterocycles. The lowest BCUT2D eigenvalue weighted by atomic mass is 9.79. The molecule has 0 saturated heterocycles. The average molecular weight is 1070 g/mol. The molecule has 4 aromatic rings. The Morgan fingerprint density at radius 2 is 0.324 bits per heavy atom. The largest absolute Gasteiger partial charge is 0.460 e. The van der Waals surface area contributed by atoms with Gasteiger partial charge in [-0.25, -0.2) is 0 Å². The maximum absolute atomic E-state index is 15.6. The molecule has 0 N–H and O–H groups in total. The summed E-state index contributed by atoms with van der Waals surface area (Å²) in [5.74, 6) is -99.3. The molecule has 0 spiro atoms. The van der Waals surface area contributed by atoms with Crippen LogP contribution in [0.15, 0.2) is 36.4 Å². The van der Waals surface area contributed by atoms with Crippen molar-refractivity contribution in [2.45, 2.75) is 95.8 Å². The molecule has 0 aliphatic rings. The summed E-state index contributed by atoms with van der Waals surface area (Å²) >= 11 is 0. The van der Waals surface area contributed by atoms with Crippen LogP contribution in [0.1, 0.15) is 22.3 Å². The van der Waals surface area contributed by atoms with Crippen LogP contribution in [-0.4, -0.2) is 72.1 Å². The van der Waals surface area contributed by atoms with E-state index in [9.17, 15) is 123 Å². The van der Waals surface area contributed by atoms with Gasteiger partial charge in [0.05, 0.1) is 0 Å². The number of halogens is 36. The van der Waals surface area contributed by atoms with Crippen molar-refractivity contribution in [2.24, 2.45) is 0 Å². The fourth-order valence-electron chi connectivity index (χ4n) is 6.21. The minimum atomic E-state index is -8.46. The van der Waals surface area contributed by atoms with Gasteiger partial charge in [-0.15, -0.1) is 0 Å². The van der Waals surface area contributed by atoms with Crippen LogP contribution in [-0.2, 0) is 23.7 Å². The van der Waals surface area contributed by atoms with E-state index in [-0.39, 0.29) is 0 Å². The van der Waals surface area contributed by atoms with Crippen LogP contribution in [0.2, 0.25) is 0 Å². The predicted octanol–water partition coefficient (Wildman–Crippen LogP) is 16.3. The van der Waals surface area contributed by atoms with Gasteiger partial charge in [-0.05, 0) is 44.5 Å². The van der Waals surface area contributed by atoms with Crippen molar-refractivity contribution >= 4 is 32.3 Å². The van der Waals surface area contributed by atoms with Crippen LogP contribution in [0.4, 0.5) is 158 Å². The van der Waals surface area contributed by atoms with Crippen molar-refractivity contribution in [3.63, 3.8) is 0 Å². The SMILES string of the molecule is FC(F)(F)C(F)(F)C(F)(F)C(F)(F)c1cc(C(F)(F)C(F)(F)C(F)(F)C(F)(F)F)c2ccc3c(C(F)(F)C(F)(F)C(F)(F)C(F)(F)F)cc(C(F)(F)C(F)(F)C(F)(F)C(F)(F)F)c4ccc1c2c43. The van der Waals surface area contributed by atoms with E-state index in [2.05, 4.69) is 0 Å². The highest BCUT2D eigenvalue weighted by Gasteiger charge is 2.86. The van der Waals surface area contributed by atoms with Crippen LogP contribution in [0, 0.1) is 0 Å². The minimum Gasteiger partial charge on any atom is -0.194 e. The molecule has 0 heterocycles. The van der Waals surface area contributed by atoms with E-state index in [1.54, 1.807) is 0 Å². The predicted molar refractivity (Wildman–Crippen MR) is 150 cm³/mol. The van der Waals surface area contributed by atoms with Crippen LogP contribution in [0.3, 0.4) is 0 Å². The molecule has 0 radical (unpaired) electrons. The van der Waals surface area contributed by atoms with E-state index in [1.807, 2.05) is 0 Å². The standard InChI is InChI=1S/C32H6F36/c33-17(34,21(41,42)25(49,50)29(57,58)59)11-5-13(19(37,38)23(45,46)27(53,54)31(63,64)65)9-3-4-10-14(20(39,40)24(47,48)28(55,56)32(66,67)68)6-12(8-2-1-7(11)15(9)16(8)10)18(35,36)22(43,44)26(51,52)30(60,61)62/h1-6H. The third-order valence-electron chi connectivity index (χ3n) is 9.83. The van der Waals surface area contributed by atoms with E-state index >= 15 is 35.1 Å². The first kappa shape index (κ1) is 56.0. The zero-order valence-electron chi connectivity index (χ0n) is 30.1. The molecular formula is C32H6F36. The smallest absolute Gasteiger partial charge is 0.194 e. The Bertz CT molecular complexity index is 2230. The molecular weight excluding hydrogens is 1070 g/mol. The van der Waals surface area contributed by atoms with Crippen LogP contribution in [0.5, 0.6) is 0 Å². The van der Waals surface area contributed by atoms with Crippen molar-refractivity contribution in [1.29, 1.82) is 0 Å². The van der Waals surface area contributed by atoms with Crippen molar-refractivity contribution in [3.05, 3.63) is 58.7 Å². The van der Waals surface area contributed by atoms with E-state index in [1.165, 1.54) is 0 Å². The molecule has 0 fully saturated rings. The van der Waals surface area contributed by atoms with E-state index in [0.29, 0.717) is 0 Å². The summed E-state index contributed by atoms with van der Waals surface area (Å²) in [7, 11) is 0. The summed E-state index contributed by atoms with van der Waals surface area (Å²) in [5.41, 5.74) is -16.5. The molecule has 0 amide bonds. The highest BCUT2D eigenvalue weighted by Crippen LogP contribution is 2.65. The van der Waals surface area contributed by atoms with E-state index in [0.717, 1.165) is 0 Å². The summed E-state index contributed by atoms with van der Waals surface area (Å²) in [6, 6.07) is -8.65. The molecule has 0 nitrogen and oxygen atoms in total. The van der Waals surface area contributed by atoms with Crippen molar-refractivity contribution in [1.82, 2.24) is 0 Å². The van der Waals surface area contributed by atoms with Gasteiger partial charge in [0.2, 0.25) is 0 Å². The second-order valence-electron chi connectivity index (χ2n) is 13.9. The lowest BCUT2D eigenvalue weighted by Gasteiger charge is -2.38. The van der Waals surface area contributed by atoms with Crippen LogP contribution in [0.25, 0.3) is 32.3 Å². The molecule has 0 saturated carbocycles. The summed E-state index contributed by atoms with van der Waals surface area (Å²) in [6.07, 6.45) is -32.3. The third-order valence-corrected chi connectivity index (χ3v) is 9.83. The van der Waals surface area contributed by atoms with Gasteiger partial charge >= 0.3 is 95.8 Å². The molecule has 36 heteroatoms. The second-order valence-corrected chi connectivity index (χ2v) is 13.9. The summed E-state index contributed by atoms with van der Waals surface area (Å²) in [6.45, 7) is 0. The summed E-state index contributed by atoms with van der Waals surface area (Å²) in [4.78, 5) is 0. The van der Waals surface area contributed by atoms with Gasteiger partial charge in [-0.1, -0.05) is 24.3 Å². The molecule has 0 aliphatic carbocycles. The van der Waals surface area contributed by atoms with Crippen molar-refractivity contribution < 1.29 is 158 Å². The van der Waals surface area contributed by atoms with Gasteiger partial charge in [0.1, 0.15) is 0 Å². The lowest BCUT2D eigenvalue weighted by Crippen LogP contribution is -2.60. The molecule has 68 heavy (non-hydrogen) atoms. The normalized spacial score (nSPS) is 16.2. The van der Waals surface area contributed by atoms with Gasteiger partial charge in [0, 0.05) is 22.3 Å². The number of benzene rings is 4. The first-order valence-corrected chi connectivity index (χ1v) is 16.0. The molecule has 0 unspecified atom stereocenters. The van der Waals surface area contributed by atoms with Crippen LogP contribution >= 0.6 is 0 Å². The topological polar surface area (TPSA) is 0 Å². The fourth-order valence-corrected chi connectivity index (χ4v) is 6.21. The first-order valence-electron chi connectivity index (χ1n) is 16.0. The lowest BCUT2D eigenvalue weighted by molar-refractivity contribution is -0.400. The summed E-state index contributed by atoms with van der Waals surface area (Å²) in [5, 5.41) is -18.4. The number of hydrogen-bond donors (Lipinski definition) is 0. The molecule has 0 aromatic heterocycles. The second kappa shape index (κ2) is 14.5. The highest BCUT2D eigenvalue weighted by molar-refractivity contribution is 6.26. The van der Waals surface area contributed by atoms with Gasteiger partial charge in [0.25, 0.3) is 0 Å². The third kappa shape index (κ3) is 6.81. The molecule has 4 aromatic carbocycles. The Morgan fingerprint density at radius 1 is 0.191 bits per heavy atom. The first-order chi connectivity index (χ1) is 29.4. The van der Waals surface area contributed by atoms with Gasteiger partial charge in [-0.3, -0.25) is 0 Å². The maximum Gasteiger partial charge on any atom is 0.460 e. The monoisotopic (exact) mass is 1070 g/mol. The average Bonchev–Trinajstić information content (AvgIpc) is 3.13. The van der Waals surface area contributed by atoms with Gasteiger partial charge in [0.15, 0.2) is 0 Å². The Morgan fingerprint density at radius 3 is 0.441 bits per heavy atom. The number of hydrogen-bond acceptors (Lipinski definition) is 0. The Kier molecular flexibility index (Phi) is 11.9. The Labute approximate surface area is 345 Å². The molecule has 386 valence electrons.